The lowest BCUT2D eigenvalue weighted by molar-refractivity contribution is -0.122. The summed E-state index contributed by atoms with van der Waals surface area (Å²) in [7, 11) is 1.47. The highest BCUT2D eigenvalue weighted by atomic mass is 19.1. The molecule has 0 unspecified atom stereocenters. The molecule has 1 fully saturated rings. The topological polar surface area (TPSA) is 59.4 Å². The van der Waals surface area contributed by atoms with Crippen molar-refractivity contribution in [2.45, 2.75) is 45.3 Å². The minimum Gasteiger partial charge on any atom is -0.494 e. The van der Waals surface area contributed by atoms with Gasteiger partial charge in [0, 0.05) is 32.1 Å². The monoisotopic (exact) mass is 424 g/mol. The largest absolute Gasteiger partial charge is 0.494 e. The molecule has 1 amide bonds. The van der Waals surface area contributed by atoms with Crippen LogP contribution < -0.4 is 10.1 Å². The summed E-state index contributed by atoms with van der Waals surface area (Å²) in [5.74, 6) is 0.883. The Hall–Kier alpha value is -2.93. The van der Waals surface area contributed by atoms with E-state index in [2.05, 4.69) is 22.1 Å². The van der Waals surface area contributed by atoms with Crippen LogP contribution in [-0.2, 0) is 24.3 Å². The van der Waals surface area contributed by atoms with Gasteiger partial charge in [-0.3, -0.25) is 9.69 Å². The fourth-order valence-corrected chi connectivity index (χ4v) is 4.29. The van der Waals surface area contributed by atoms with Crippen molar-refractivity contribution >= 4 is 16.9 Å². The predicted molar refractivity (Wildman–Crippen MR) is 119 cm³/mol. The molecule has 0 radical (unpaired) electrons. The van der Waals surface area contributed by atoms with E-state index in [9.17, 15) is 9.18 Å². The van der Waals surface area contributed by atoms with Crippen molar-refractivity contribution in [3.8, 4) is 5.75 Å². The van der Waals surface area contributed by atoms with E-state index < -0.39 is 0 Å². The molecular weight excluding hydrogens is 395 g/mol. The first-order chi connectivity index (χ1) is 15.1. The molecule has 164 valence electrons. The number of piperidine rings is 1. The van der Waals surface area contributed by atoms with Crippen LogP contribution in [0.2, 0.25) is 0 Å². The number of likely N-dealkylation sites (tertiary alicyclic amines) is 1. The SMILES string of the molecule is CCc1nc2ccccc2n1CC(=O)NC1CCN(Cc2ccc(OC)c(F)c2)CC1. The van der Waals surface area contributed by atoms with Gasteiger partial charge in [-0.25, -0.2) is 9.37 Å². The number of aryl methyl sites for hydroxylation is 1. The number of benzene rings is 2. The van der Waals surface area contributed by atoms with Gasteiger partial charge in [-0.05, 0) is 42.7 Å². The molecular formula is C24H29FN4O2. The van der Waals surface area contributed by atoms with Gasteiger partial charge in [-0.2, -0.15) is 0 Å². The number of rotatable bonds is 7. The molecule has 6 nitrogen and oxygen atoms in total. The number of methoxy groups -OCH3 is 1. The third kappa shape index (κ3) is 4.88. The van der Waals surface area contributed by atoms with Crippen LogP contribution in [0, 0.1) is 5.82 Å². The maximum atomic E-state index is 13.9. The third-order valence-electron chi connectivity index (χ3n) is 5.93. The number of imidazole rings is 1. The van der Waals surface area contributed by atoms with Crippen LogP contribution in [0.3, 0.4) is 0 Å². The molecule has 0 saturated carbocycles. The highest BCUT2D eigenvalue weighted by Gasteiger charge is 2.22. The molecule has 0 aliphatic carbocycles. The fraction of sp³-hybridized carbons (Fsp3) is 0.417. The van der Waals surface area contributed by atoms with E-state index in [1.54, 1.807) is 6.07 Å². The van der Waals surface area contributed by atoms with E-state index in [4.69, 9.17) is 4.74 Å². The Morgan fingerprint density at radius 2 is 2.00 bits per heavy atom. The molecule has 2 heterocycles. The molecule has 3 aromatic rings. The van der Waals surface area contributed by atoms with Crippen molar-refractivity contribution in [1.82, 2.24) is 19.8 Å². The second-order valence-electron chi connectivity index (χ2n) is 8.04. The van der Waals surface area contributed by atoms with Gasteiger partial charge in [0.25, 0.3) is 0 Å². The second kappa shape index (κ2) is 9.47. The minimum absolute atomic E-state index is 0.0218. The van der Waals surface area contributed by atoms with Gasteiger partial charge in [0.1, 0.15) is 12.4 Å². The lowest BCUT2D eigenvalue weighted by Gasteiger charge is -2.32. The number of ether oxygens (including phenoxy) is 1. The highest BCUT2D eigenvalue weighted by Crippen LogP contribution is 2.21. The molecule has 1 aliphatic heterocycles. The van der Waals surface area contributed by atoms with Gasteiger partial charge in [-0.15, -0.1) is 0 Å². The summed E-state index contributed by atoms with van der Waals surface area (Å²) in [6, 6.07) is 13.2. The summed E-state index contributed by atoms with van der Waals surface area (Å²) in [4.78, 5) is 19.7. The van der Waals surface area contributed by atoms with Crippen molar-refractivity contribution in [2.75, 3.05) is 20.2 Å². The number of hydrogen-bond acceptors (Lipinski definition) is 4. The zero-order valence-corrected chi connectivity index (χ0v) is 18.1. The van der Waals surface area contributed by atoms with E-state index >= 15 is 0 Å². The molecule has 1 saturated heterocycles. The lowest BCUT2D eigenvalue weighted by atomic mass is 10.0. The normalized spacial score (nSPS) is 15.3. The zero-order valence-electron chi connectivity index (χ0n) is 18.1. The first kappa shape index (κ1) is 21.3. The third-order valence-corrected chi connectivity index (χ3v) is 5.93. The van der Waals surface area contributed by atoms with E-state index in [0.29, 0.717) is 6.54 Å². The molecule has 2 aromatic carbocycles. The number of carbonyl (C=O) groups excluding carboxylic acids is 1. The van der Waals surface area contributed by atoms with Gasteiger partial charge in [0.05, 0.1) is 18.1 Å². The number of halogens is 1. The number of amides is 1. The van der Waals surface area contributed by atoms with Crippen molar-refractivity contribution < 1.29 is 13.9 Å². The summed E-state index contributed by atoms with van der Waals surface area (Å²) in [5, 5.41) is 3.19. The Labute approximate surface area is 182 Å². The molecule has 1 aliphatic rings. The number of para-hydroxylation sites is 2. The van der Waals surface area contributed by atoms with Crippen LogP contribution in [0.1, 0.15) is 31.2 Å². The number of carbonyl (C=O) groups is 1. The molecule has 1 N–H and O–H groups in total. The number of nitrogens with zero attached hydrogens (tertiary/aromatic N) is 3. The van der Waals surface area contributed by atoms with Crippen LogP contribution in [0.4, 0.5) is 4.39 Å². The summed E-state index contributed by atoms with van der Waals surface area (Å²) in [6.07, 6.45) is 2.55. The average Bonchev–Trinajstić information content (AvgIpc) is 3.13. The van der Waals surface area contributed by atoms with E-state index in [1.807, 2.05) is 34.9 Å². The van der Waals surface area contributed by atoms with Gasteiger partial charge >= 0.3 is 0 Å². The van der Waals surface area contributed by atoms with Gasteiger partial charge < -0.3 is 14.6 Å². The summed E-state index contributed by atoms with van der Waals surface area (Å²) < 4.78 is 20.9. The quantitative estimate of drug-likeness (QED) is 0.630. The Balaban J connectivity index is 1.30. The van der Waals surface area contributed by atoms with Gasteiger partial charge in [-0.1, -0.05) is 25.1 Å². The average molecular weight is 425 g/mol. The molecule has 0 spiro atoms. The van der Waals surface area contributed by atoms with Crippen molar-refractivity contribution in [3.05, 3.63) is 59.7 Å². The van der Waals surface area contributed by atoms with E-state index in [-0.39, 0.29) is 30.1 Å². The molecule has 1 aromatic heterocycles. The molecule has 7 heteroatoms. The maximum absolute atomic E-state index is 13.9. The fourth-order valence-electron chi connectivity index (χ4n) is 4.29. The molecule has 31 heavy (non-hydrogen) atoms. The van der Waals surface area contributed by atoms with Crippen LogP contribution >= 0.6 is 0 Å². The van der Waals surface area contributed by atoms with Crippen LogP contribution in [0.5, 0.6) is 5.75 Å². The van der Waals surface area contributed by atoms with E-state index in [0.717, 1.165) is 54.8 Å². The van der Waals surface area contributed by atoms with Crippen molar-refractivity contribution in [1.29, 1.82) is 0 Å². The highest BCUT2D eigenvalue weighted by molar-refractivity contribution is 5.81. The van der Waals surface area contributed by atoms with Crippen LogP contribution in [0.25, 0.3) is 11.0 Å². The standard InChI is InChI=1S/C24H29FN4O2/c1-3-23-27-20-6-4-5-7-21(20)29(23)16-24(30)26-18-10-12-28(13-11-18)15-17-8-9-22(31-2)19(25)14-17/h4-9,14,18H,3,10-13,15-16H2,1-2H3,(H,26,30). The molecule has 0 bridgehead atoms. The maximum Gasteiger partial charge on any atom is 0.240 e. The number of aromatic nitrogens is 2. The Bertz CT molecular complexity index is 1060. The van der Waals surface area contributed by atoms with Crippen LogP contribution in [-0.4, -0.2) is 46.6 Å². The number of hydrogen-bond donors (Lipinski definition) is 1. The number of nitrogens with one attached hydrogen (secondary N) is 1. The van der Waals surface area contributed by atoms with Crippen LogP contribution in [0.15, 0.2) is 42.5 Å². The van der Waals surface area contributed by atoms with Crippen molar-refractivity contribution in [2.24, 2.45) is 0 Å². The Morgan fingerprint density at radius 1 is 1.23 bits per heavy atom. The Kier molecular flexibility index (Phi) is 6.51. The predicted octanol–water partition coefficient (Wildman–Crippen LogP) is 3.53. The minimum atomic E-state index is -0.333. The Morgan fingerprint density at radius 3 is 2.71 bits per heavy atom. The molecule has 4 rings (SSSR count). The first-order valence-corrected chi connectivity index (χ1v) is 10.9. The lowest BCUT2D eigenvalue weighted by Crippen LogP contribution is -2.45. The van der Waals surface area contributed by atoms with E-state index in [1.165, 1.54) is 13.2 Å². The smallest absolute Gasteiger partial charge is 0.240 e. The summed E-state index contributed by atoms with van der Waals surface area (Å²) >= 11 is 0. The van der Waals surface area contributed by atoms with Gasteiger partial charge in [0.2, 0.25) is 5.91 Å². The van der Waals surface area contributed by atoms with Crippen molar-refractivity contribution in [3.63, 3.8) is 0 Å². The van der Waals surface area contributed by atoms with Gasteiger partial charge in [0.15, 0.2) is 11.6 Å². The summed E-state index contributed by atoms with van der Waals surface area (Å²) in [5.41, 5.74) is 2.85. The zero-order chi connectivity index (χ0) is 21.8. The second-order valence-corrected chi connectivity index (χ2v) is 8.04. The molecule has 0 atom stereocenters. The first-order valence-electron chi connectivity index (χ1n) is 10.9. The summed E-state index contributed by atoms with van der Waals surface area (Å²) in [6.45, 7) is 4.77. The number of fused-ring (bicyclic) bond motifs is 1.